The number of rotatable bonds is 2. The minimum Gasteiger partial charge on any atom is -0.330 e. The first-order chi connectivity index (χ1) is 7.72. The van der Waals surface area contributed by atoms with Crippen LogP contribution in [0.5, 0.6) is 0 Å². The summed E-state index contributed by atoms with van der Waals surface area (Å²) >= 11 is 0. The molecule has 2 N–H and O–H groups in total. The zero-order chi connectivity index (χ0) is 11.5. The van der Waals surface area contributed by atoms with Gasteiger partial charge in [0.1, 0.15) is 0 Å². The van der Waals surface area contributed by atoms with Gasteiger partial charge in [0.05, 0.1) is 0 Å². The summed E-state index contributed by atoms with van der Waals surface area (Å²) in [5.74, 6) is 0.665. The average molecular weight is 255 g/mol. The maximum Gasteiger partial charge on any atom is 0.228 e. The number of halogens is 1. The molecule has 1 aromatic carbocycles. The van der Waals surface area contributed by atoms with Gasteiger partial charge in [-0.1, -0.05) is 25.1 Å². The summed E-state index contributed by atoms with van der Waals surface area (Å²) in [4.78, 5) is 13.8. The average Bonchev–Trinajstić information content (AvgIpc) is 2.28. The molecule has 0 spiro atoms. The van der Waals surface area contributed by atoms with Gasteiger partial charge in [-0.05, 0) is 24.0 Å². The van der Waals surface area contributed by atoms with Crippen LogP contribution in [0.4, 0.5) is 5.69 Å². The molecule has 0 saturated carbocycles. The fraction of sp³-hybridized carbons (Fsp3) is 0.462. The van der Waals surface area contributed by atoms with E-state index in [4.69, 9.17) is 5.73 Å². The van der Waals surface area contributed by atoms with E-state index in [9.17, 15) is 4.79 Å². The summed E-state index contributed by atoms with van der Waals surface area (Å²) < 4.78 is 0. The van der Waals surface area contributed by atoms with Gasteiger partial charge in [-0.3, -0.25) is 4.79 Å². The third-order valence-corrected chi connectivity index (χ3v) is 3.00. The number of hydrogen-bond acceptors (Lipinski definition) is 2. The molecule has 0 fully saturated rings. The largest absolute Gasteiger partial charge is 0.330 e. The maximum absolute atomic E-state index is 12.0. The third-order valence-electron chi connectivity index (χ3n) is 3.00. The lowest BCUT2D eigenvalue weighted by Gasteiger charge is -2.33. The van der Waals surface area contributed by atoms with Crippen molar-refractivity contribution in [2.75, 3.05) is 18.0 Å². The van der Waals surface area contributed by atoms with Crippen molar-refractivity contribution >= 4 is 24.0 Å². The second-order valence-electron chi connectivity index (χ2n) is 4.48. The van der Waals surface area contributed by atoms with E-state index in [1.807, 2.05) is 23.1 Å². The number of benzene rings is 1. The summed E-state index contributed by atoms with van der Waals surface area (Å²) in [6.07, 6.45) is 1.49. The van der Waals surface area contributed by atoms with Gasteiger partial charge in [0.2, 0.25) is 5.91 Å². The molecule has 1 heterocycles. The SMILES string of the molecule is CC1Cc2ccccc2N(C(=O)CCN)C1.Cl. The molecule has 1 unspecified atom stereocenters. The predicted octanol–water partition coefficient (Wildman–Crippen LogP) is 1.98. The van der Waals surface area contributed by atoms with Gasteiger partial charge < -0.3 is 10.6 Å². The summed E-state index contributed by atoms with van der Waals surface area (Å²) in [7, 11) is 0. The Bertz CT molecular complexity index is 395. The molecule has 1 aliphatic rings. The number of nitrogens with two attached hydrogens (primary N) is 1. The molecule has 1 aromatic rings. The van der Waals surface area contributed by atoms with Crippen LogP contribution in [0.1, 0.15) is 18.9 Å². The van der Waals surface area contributed by atoms with Gasteiger partial charge in [-0.2, -0.15) is 0 Å². The number of anilines is 1. The van der Waals surface area contributed by atoms with Gasteiger partial charge in [0, 0.05) is 25.2 Å². The topological polar surface area (TPSA) is 46.3 Å². The number of fused-ring (bicyclic) bond motifs is 1. The lowest BCUT2D eigenvalue weighted by molar-refractivity contribution is -0.118. The Hall–Kier alpha value is -1.06. The Kier molecular flexibility index (Phi) is 4.97. The van der Waals surface area contributed by atoms with E-state index in [2.05, 4.69) is 13.0 Å². The molecular weight excluding hydrogens is 236 g/mol. The number of nitrogens with zero attached hydrogens (tertiary/aromatic N) is 1. The van der Waals surface area contributed by atoms with Crippen LogP contribution in [-0.4, -0.2) is 19.0 Å². The van der Waals surface area contributed by atoms with Crippen molar-refractivity contribution in [2.24, 2.45) is 11.7 Å². The molecule has 0 aliphatic carbocycles. The predicted molar refractivity (Wildman–Crippen MR) is 72.6 cm³/mol. The standard InChI is InChI=1S/C13H18N2O.ClH/c1-10-8-11-4-2-3-5-12(11)15(9-10)13(16)6-7-14;/h2-5,10H,6-9,14H2,1H3;1H. The molecule has 94 valence electrons. The Labute approximate surface area is 108 Å². The van der Waals surface area contributed by atoms with Gasteiger partial charge in [0.15, 0.2) is 0 Å². The summed E-state index contributed by atoms with van der Waals surface area (Å²) in [5.41, 5.74) is 7.78. The van der Waals surface area contributed by atoms with E-state index < -0.39 is 0 Å². The van der Waals surface area contributed by atoms with Crippen LogP contribution < -0.4 is 10.6 Å². The highest BCUT2D eigenvalue weighted by molar-refractivity contribution is 5.94. The Morgan fingerprint density at radius 2 is 2.18 bits per heavy atom. The molecule has 0 bridgehead atoms. The molecule has 1 aliphatic heterocycles. The number of carbonyl (C=O) groups excluding carboxylic acids is 1. The van der Waals surface area contributed by atoms with Crippen molar-refractivity contribution < 1.29 is 4.79 Å². The Morgan fingerprint density at radius 1 is 1.47 bits per heavy atom. The smallest absolute Gasteiger partial charge is 0.228 e. The number of para-hydroxylation sites is 1. The molecule has 4 heteroatoms. The maximum atomic E-state index is 12.0. The second kappa shape index (κ2) is 6.03. The lowest BCUT2D eigenvalue weighted by Crippen LogP contribution is -2.39. The fourth-order valence-corrected chi connectivity index (χ4v) is 2.29. The van der Waals surface area contributed by atoms with Gasteiger partial charge >= 0.3 is 0 Å². The van der Waals surface area contributed by atoms with Crippen molar-refractivity contribution in [3.63, 3.8) is 0 Å². The van der Waals surface area contributed by atoms with Crippen LogP contribution in [0, 0.1) is 5.92 Å². The Balaban J connectivity index is 0.00000144. The first kappa shape index (κ1) is 14.0. The van der Waals surface area contributed by atoms with Crippen LogP contribution in [0.15, 0.2) is 24.3 Å². The van der Waals surface area contributed by atoms with E-state index in [1.54, 1.807) is 0 Å². The summed E-state index contributed by atoms with van der Waals surface area (Å²) in [6, 6.07) is 8.14. The van der Waals surface area contributed by atoms with Crippen LogP contribution in [0.3, 0.4) is 0 Å². The first-order valence-corrected chi connectivity index (χ1v) is 5.80. The quantitative estimate of drug-likeness (QED) is 0.877. The minimum absolute atomic E-state index is 0. The zero-order valence-corrected chi connectivity index (χ0v) is 10.9. The molecule has 1 amide bonds. The summed E-state index contributed by atoms with van der Waals surface area (Å²) in [6.45, 7) is 3.42. The lowest BCUT2D eigenvalue weighted by atomic mass is 9.94. The minimum atomic E-state index is 0. The van der Waals surface area contributed by atoms with Crippen LogP contribution in [0.2, 0.25) is 0 Å². The highest BCUT2D eigenvalue weighted by Crippen LogP contribution is 2.29. The fourth-order valence-electron chi connectivity index (χ4n) is 2.29. The molecule has 0 radical (unpaired) electrons. The second-order valence-corrected chi connectivity index (χ2v) is 4.48. The number of carbonyl (C=O) groups is 1. The number of amides is 1. The van der Waals surface area contributed by atoms with E-state index in [0.29, 0.717) is 18.9 Å². The molecule has 3 nitrogen and oxygen atoms in total. The van der Waals surface area contributed by atoms with Crippen molar-refractivity contribution in [1.82, 2.24) is 0 Å². The molecule has 1 atom stereocenters. The van der Waals surface area contributed by atoms with Gasteiger partial charge in [0.25, 0.3) is 0 Å². The van der Waals surface area contributed by atoms with Gasteiger partial charge in [-0.25, -0.2) is 0 Å². The third kappa shape index (κ3) is 2.99. The van der Waals surface area contributed by atoms with Crippen molar-refractivity contribution in [2.45, 2.75) is 19.8 Å². The monoisotopic (exact) mass is 254 g/mol. The normalized spacial score (nSPS) is 18.2. The van der Waals surface area contributed by atoms with Crippen LogP contribution in [-0.2, 0) is 11.2 Å². The van der Waals surface area contributed by atoms with E-state index >= 15 is 0 Å². The number of hydrogen-bond donors (Lipinski definition) is 1. The summed E-state index contributed by atoms with van der Waals surface area (Å²) in [5, 5.41) is 0. The van der Waals surface area contributed by atoms with Gasteiger partial charge in [-0.15, -0.1) is 12.4 Å². The van der Waals surface area contributed by atoms with E-state index in [-0.39, 0.29) is 18.3 Å². The van der Waals surface area contributed by atoms with E-state index in [1.165, 1.54) is 5.56 Å². The van der Waals surface area contributed by atoms with Crippen LogP contribution in [0.25, 0.3) is 0 Å². The van der Waals surface area contributed by atoms with Crippen molar-refractivity contribution in [3.05, 3.63) is 29.8 Å². The molecule has 0 aromatic heterocycles. The highest BCUT2D eigenvalue weighted by atomic mass is 35.5. The van der Waals surface area contributed by atoms with Crippen molar-refractivity contribution in [1.29, 1.82) is 0 Å². The molecule has 2 rings (SSSR count). The first-order valence-electron chi connectivity index (χ1n) is 5.80. The Morgan fingerprint density at radius 3 is 2.88 bits per heavy atom. The van der Waals surface area contributed by atoms with Crippen molar-refractivity contribution in [3.8, 4) is 0 Å². The van der Waals surface area contributed by atoms with Crippen LogP contribution >= 0.6 is 12.4 Å². The molecular formula is C13H19ClN2O. The van der Waals surface area contributed by atoms with E-state index in [0.717, 1.165) is 18.7 Å². The molecule has 0 saturated heterocycles. The molecule has 17 heavy (non-hydrogen) atoms. The highest BCUT2D eigenvalue weighted by Gasteiger charge is 2.25. The zero-order valence-electron chi connectivity index (χ0n) is 10.1.